The Bertz CT molecular complexity index is 903. The van der Waals surface area contributed by atoms with E-state index in [1.807, 2.05) is 12.1 Å². The Hall–Kier alpha value is -2.86. The highest BCUT2D eigenvalue weighted by Crippen LogP contribution is 2.24. The van der Waals surface area contributed by atoms with Crippen LogP contribution in [-0.4, -0.2) is 53.3 Å². The number of fused-ring (bicyclic) bond motifs is 1. The summed E-state index contributed by atoms with van der Waals surface area (Å²) in [5.41, 5.74) is 0.711. The fourth-order valence-corrected chi connectivity index (χ4v) is 3.75. The van der Waals surface area contributed by atoms with E-state index in [1.165, 1.54) is 0 Å². The standard InChI is InChI=1S/C21H19ClN2O4/c22-14-4-3-5-16(12-14)28-15-8-10-23(11-9-15)19(25)13-24-20(26)17-6-1-2-7-18(17)21(24)27/h1-7,12,15H,8-11,13H2. The highest BCUT2D eigenvalue weighted by molar-refractivity contribution is 6.30. The minimum absolute atomic E-state index is 0.00169. The molecule has 1 saturated heterocycles. The number of rotatable bonds is 4. The second-order valence-electron chi connectivity index (χ2n) is 6.90. The van der Waals surface area contributed by atoms with Gasteiger partial charge in [-0.25, -0.2) is 0 Å². The van der Waals surface area contributed by atoms with Gasteiger partial charge in [0.05, 0.1) is 11.1 Å². The first-order valence-electron chi connectivity index (χ1n) is 9.18. The van der Waals surface area contributed by atoms with Crippen molar-refractivity contribution in [2.75, 3.05) is 19.6 Å². The Morgan fingerprint density at radius 3 is 2.25 bits per heavy atom. The highest BCUT2D eigenvalue weighted by Gasteiger charge is 2.37. The molecule has 2 aromatic rings. The largest absolute Gasteiger partial charge is 0.490 e. The van der Waals surface area contributed by atoms with Gasteiger partial charge >= 0.3 is 0 Å². The molecule has 7 heteroatoms. The van der Waals surface area contributed by atoms with E-state index in [-0.39, 0.29) is 18.6 Å². The summed E-state index contributed by atoms with van der Waals surface area (Å²) in [7, 11) is 0. The second-order valence-corrected chi connectivity index (χ2v) is 7.33. The number of carbonyl (C=O) groups excluding carboxylic acids is 3. The zero-order valence-electron chi connectivity index (χ0n) is 15.1. The molecule has 2 aliphatic rings. The van der Waals surface area contributed by atoms with Gasteiger partial charge in [-0.15, -0.1) is 0 Å². The normalized spacial score (nSPS) is 17.0. The number of likely N-dealkylation sites (tertiary alicyclic amines) is 1. The Balaban J connectivity index is 1.32. The predicted molar refractivity (Wildman–Crippen MR) is 103 cm³/mol. The lowest BCUT2D eigenvalue weighted by Gasteiger charge is -2.33. The quantitative estimate of drug-likeness (QED) is 0.742. The van der Waals surface area contributed by atoms with Gasteiger partial charge in [0, 0.05) is 31.0 Å². The number of carbonyl (C=O) groups is 3. The first-order valence-corrected chi connectivity index (χ1v) is 9.56. The molecule has 0 N–H and O–H groups in total. The average Bonchev–Trinajstić information content (AvgIpc) is 2.94. The van der Waals surface area contributed by atoms with E-state index in [2.05, 4.69) is 0 Å². The SMILES string of the molecule is O=C(CN1C(=O)c2ccccc2C1=O)N1CCC(Oc2cccc(Cl)c2)CC1. The molecule has 0 radical (unpaired) electrons. The van der Waals surface area contributed by atoms with Gasteiger partial charge < -0.3 is 9.64 Å². The number of hydrogen-bond donors (Lipinski definition) is 0. The molecular formula is C21H19ClN2O4. The maximum atomic E-state index is 12.6. The number of ether oxygens (including phenoxy) is 1. The van der Waals surface area contributed by atoms with Crippen LogP contribution in [0.25, 0.3) is 0 Å². The fraction of sp³-hybridized carbons (Fsp3) is 0.286. The van der Waals surface area contributed by atoms with Crippen LogP contribution in [0.15, 0.2) is 48.5 Å². The van der Waals surface area contributed by atoms with Crippen LogP contribution in [-0.2, 0) is 4.79 Å². The van der Waals surface area contributed by atoms with Crippen LogP contribution in [0.1, 0.15) is 33.6 Å². The van der Waals surface area contributed by atoms with Crippen LogP contribution in [0.4, 0.5) is 0 Å². The Morgan fingerprint density at radius 2 is 1.64 bits per heavy atom. The first-order chi connectivity index (χ1) is 13.5. The molecule has 0 aliphatic carbocycles. The lowest BCUT2D eigenvalue weighted by molar-refractivity contribution is -0.133. The molecule has 144 valence electrons. The van der Waals surface area contributed by atoms with Gasteiger partial charge in [0.25, 0.3) is 11.8 Å². The Morgan fingerprint density at radius 1 is 1.00 bits per heavy atom. The van der Waals surface area contributed by atoms with Crippen molar-refractivity contribution in [3.63, 3.8) is 0 Å². The third-order valence-electron chi connectivity index (χ3n) is 5.07. The van der Waals surface area contributed by atoms with Gasteiger partial charge in [0.1, 0.15) is 18.4 Å². The maximum absolute atomic E-state index is 12.6. The summed E-state index contributed by atoms with van der Waals surface area (Å²) in [6.07, 6.45) is 1.36. The van der Waals surface area contributed by atoms with Gasteiger partial charge in [-0.1, -0.05) is 29.8 Å². The molecule has 0 saturated carbocycles. The predicted octanol–water partition coefficient (Wildman–Crippen LogP) is 3.01. The smallest absolute Gasteiger partial charge is 0.262 e. The van der Waals surface area contributed by atoms with E-state index in [9.17, 15) is 14.4 Å². The molecule has 2 aromatic carbocycles. The molecular weight excluding hydrogens is 380 g/mol. The van der Waals surface area contributed by atoms with Crippen molar-refractivity contribution in [2.45, 2.75) is 18.9 Å². The fourth-order valence-electron chi connectivity index (χ4n) is 3.57. The van der Waals surface area contributed by atoms with Gasteiger partial charge in [0.15, 0.2) is 0 Å². The van der Waals surface area contributed by atoms with Crippen molar-refractivity contribution in [1.29, 1.82) is 0 Å². The first kappa shape index (κ1) is 18.5. The van der Waals surface area contributed by atoms with Crippen LogP contribution >= 0.6 is 11.6 Å². The average molecular weight is 399 g/mol. The number of imide groups is 1. The Labute approximate surface area is 167 Å². The van der Waals surface area contributed by atoms with Crippen LogP contribution in [0.5, 0.6) is 5.75 Å². The highest BCUT2D eigenvalue weighted by atomic mass is 35.5. The van der Waals surface area contributed by atoms with Crippen molar-refractivity contribution < 1.29 is 19.1 Å². The third kappa shape index (κ3) is 3.60. The van der Waals surface area contributed by atoms with Crippen molar-refractivity contribution >= 4 is 29.3 Å². The number of nitrogens with zero attached hydrogens (tertiary/aromatic N) is 2. The van der Waals surface area contributed by atoms with E-state index in [0.717, 1.165) is 4.90 Å². The van der Waals surface area contributed by atoms with E-state index >= 15 is 0 Å². The van der Waals surface area contributed by atoms with Crippen molar-refractivity contribution in [3.05, 3.63) is 64.7 Å². The molecule has 0 atom stereocenters. The number of amides is 3. The van der Waals surface area contributed by atoms with E-state index in [0.29, 0.717) is 47.8 Å². The molecule has 2 aliphatic heterocycles. The number of benzene rings is 2. The summed E-state index contributed by atoms with van der Waals surface area (Å²) in [5.74, 6) is -0.333. The van der Waals surface area contributed by atoms with E-state index in [1.54, 1.807) is 41.3 Å². The minimum Gasteiger partial charge on any atom is -0.490 e. The lowest BCUT2D eigenvalue weighted by Crippen LogP contribution is -2.47. The lowest BCUT2D eigenvalue weighted by atomic mass is 10.1. The number of halogens is 1. The third-order valence-corrected chi connectivity index (χ3v) is 5.30. The summed E-state index contributed by atoms with van der Waals surface area (Å²) in [4.78, 5) is 40.2. The van der Waals surface area contributed by atoms with Crippen LogP contribution < -0.4 is 4.74 Å². The molecule has 0 unspecified atom stereocenters. The molecule has 2 heterocycles. The van der Waals surface area contributed by atoms with Gasteiger partial charge in [-0.2, -0.15) is 0 Å². The van der Waals surface area contributed by atoms with E-state index < -0.39 is 11.8 Å². The molecule has 0 aromatic heterocycles. The van der Waals surface area contributed by atoms with Crippen molar-refractivity contribution in [2.24, 2.45) is 0 Å². The van der Waals surface area contributed by atoms with Crippen molar-refractivity contribution in [3.8, 4) is 5.75 Å². The molecule has 3 amide bonds. The van der Waals surface area contributed by atoms with E-state index in [4.69, 9.17) is 16.3 Å². The summed E-state index contributed by atoms with van der Waals surface area (Å²) in [5, 5.41) is 0.617. The molecule has 0 bridgehead atoms. The van der Waals surface area contributed by atoms with Gasteiger partial charge in [-0.3, -0.25) is 19.3 Å². The summed E-state index contributed by atoms with van der Waals surface area (Å²) < 4.78 is 5.93. The summed E-state index contributed by atoms with van der Waals surface area (Å²) in [6.45, 7) is 0.812. The topological polar surface area (TPSA) is 66.9 Å². The number of hydrogen-bond acceptors (Lipinski definition) is 4. The monoisotopic (exact) mass is 398 g/mol. The summed E-state index contributed by atoms with van der Waals surface area (Å²) >= 11 is 5.97. The molecule has 28 heavy (non-hydrogen) atoms. The zero-order valence-corrected chi connectivity index (χ0v) is 15.9. The van der Waals surface area contributed by atoms with Crippen molar-refractivity contribution in [1.82, 2.24) is 9.80 Å². The Kier molecular flexibility index (Phi) is 5.05. The second kappa shape index (κ2) is 7.64. The molecule has 0 spiro atoms. The van der Waals surface area contributed by atoms with Gasteiger partial charge in [0.2, 0.25) is 5.91 Å². The molecule has 1 fully saturated rings. The molecule has 6 nitrogen and oxygen atoms in total. The summed E-state index contributed by atoms with van der Waals surface area (Å²) in [6, 6.07) is 13.9. The van der Waals surface area contributed by atoms with Gasteiger partial charge in [-0.05, 0) is 30.3 Å². The zero-order chi connectivity index (χ0) is 19.7. The van der Waals surface area contributed by atoms with Crippen LogP contribution in [0, 0.1) is 0 Å². The van der Waals surface area contributed by atoms with Crippen LogP contribution in [0.3, 0.4) is 0 Å². The van der Waals surface area contributed by atoms with Crippen LogP contribution in [0.2, 0.25) is 5.02 Å². The number of piperidine rings is 1. The minimum atomic E-state index is -0.409. The molecule has 4 rings (SSSR count). The maximum Gasteiger partial charge on any atom is 0.262 e.